The molecule has 0 aliphatic rings. The number of phenols is 1. The standard InChI is InChI=1S/C34H54O/c1-5-7-9-11-12-13-14-15-17-22-26-31-29(23-19-16-10-8-6-2)27-28-32(35)33(31)34(3,4)30-24-20-18-21-25-30/h18,20-21,24-25,27-28,35H,5-17,19,22-23,26H2,1-4H3. The summed E-state index contributed by atoms with van der Waals surface area (Å²) >= 11 is 0. The van der Waals surface area contributed by atoms with Crippen molar-refractivity contribution in [3.63, 3.8) is 0 Å². The first-order valence-corrected chi connectivity index (χ1v) is 14.9. The van der Waals surface area contributed by atoms with Crippen LogP contribution < -0.4 is 0 Å². The summed E-state index contributed by atoms with van der Waals surface area (Å²) in [6.45, 7) is 9.13. The Kier molecular flexibility index (Phi) is 14.2. The summed E-state index contributed by atoms with van der Waals surface area (Å²) in [5, 5.41) is 11.1. The quantitative estimate of drug-likeness (QED) is 0.199. The third-order valence-corrected chi connectivity index (χ3v) is 7.84. The molecule has 0 aliphatic carbocycles. The molecule has 2 rings (SSSR count). The number of phenolic OH excluding ortho intramolecular Hbond substituents is 1. The fourth-order valence-corrected chi connectivity index (χ4v) is 5.60. The van der Waals surface area contributed by atoms with Crippen LogP contribution in [0, 0.1) is 0 Å². The minimum absolute atomic E-state index is 0.211. The number of aryl methyl sites for hydroxylation is 1. The Morgan fingerprint density at radius 3 is 1.60 bits per heavy atom. The fourth-order valence-electron chi connectivity index (χ4n) is 5.60. The number of aromatic hydroxyl groups is 1. The van der Waals surface area contributed by atoms with Gasteiger partial charge in [0.05, 0.1) is 0 Å². The largest absolute Gasteiger partial charge is 0.508 e. The monoisotopic (exact) mass is 478 g/mol. The van der Waals surface area contributed by atoms with Gasteiger partial charge in [-0.15, -0.1) is 0 Å². The first-order chi connectivity index (χ1) is 17.0. The fraction of sp³-hybridized carbons (Fsp3) is 0.647. The molecule has 0 atom stereocenters. The van der Waals surface area contributed by atoms with E-state index in [-0.39, 0.29) is 5.41 Å². The summed E-state index contributed by atoms with van der Waals surface area (Å²) in [4.78, 5) is 0. The van der Waals surface area contributed by atoms with Crippen LogP contribution in [0.25, 0.3) is 0 Å². The maximum atomic E-state index is 11.1. The van der Waals surface area contributed by atoms with Gasteiger partial charge in [-0.3, -0.25) is 0 Å². The van der Waals surface area contributed by atoms with Crippen molar-refractivity contribution in [3.8, 4) is 5.75 Å². The second kappa shape index (κ2) is 16.8. The molecule has 0 aliphatic heterocycles. The predicted octanol–water partition coefficient (Wildman–Crippen LogP) is 10.7. The predicted molar refractivity (Wildman–Crippen MR) is 155 cm³/mol. The summed E-state index contributed by atoms with van der Waals surface area (Å²) in [7, 11) is 0. The molecular weight excluding hydrogens is 424 g/mol. The summed E-state index contributed by atoms with van der Waals surface area (Å²) in [6, 6.07) is 14.9. The van der Waals surface area contributed by atoms with E-state index in [0.717, 1.165) is 18.4 Å². The Hall–Kier alpha value is -1.76. The van der Waals surface area contributed by atoms with Crippen molar-refractivity contribution in [2.24, 2.45) is 0 Å². The molecular formula is C34H54O. The lowest BCUT2D eigenvalue weighted by molar-refractivity contribution is 0.449. The third-order valence-electron chi connectivity index (χ3n) is 7.84. The molecule has 0 aromatic heterocycles. The molecule has 0 amide bonds. The van der Waals surface area contributed by atoms with Crippen LogP contribution in [0.4, 0.5) is 0 Å². The van der Waals surface area contributed by atoms with E-state index in [1.54, 1.807) is 0 Å². The number of benzene rings is 2. The maximum Gasteiger partial charge on any atom is 0.119 e. The Bertz CT molecular complexity index is 805. The Morgan fingerprint density at radius 2 is 1.06 bits per heavy atom. The summed E-state index contributed by atoms with van der Waals surface area (Å²) in [5.74, 6) is 0.468. The zero-order valence-electron chi connectivity index (χ0n) is 23.5. The zero-order valence-corrected chi connectivity index (χ0v) is 23.5. The van der Waals surface area contributed by atoms with E-state index in [1.165, 1.54) is 113 Å². The van der Waals surface area contributed by atoms with Crippen molar-refractivity contribution in [1.82, 2.24) is 0 Å². The highest BCUT2D eigenvalue weighted by atomic mass is 16.3. The average molecular weight is 479 g/mol. The van der Waals surface area contributed by atoms with Crippen LogP contribution in [0.2, 0.25) is 0 Å². The Balaban J connectivity index is 2.07. The van der Waals surface area contributed by atoms with E-state index in [9.17, 15) is 5.11 Å². The molecule has 2 aromatic rings. The van der Waals surface area contributed by atoms with Gasteiger partial charge in [-0.05, 0) is 48.4 Å². The second-order valence-electron chi connectivity index (χ2n) is 11.2. The lowest BCUT2D eigenvalue weighted by atomic mass is 9.73. The lowest BCUT2D eigenvalue weighted by Crippen LogP contribution is -2.22. The van der Waals surface area contributed by atoms with E-state index < -0.39 is 0 Å². The highest BCUT2D eigenvalue weighted by Crippen LogP contribution is 2.41. The van der Waals surface area contributed by atoms with E-state index >= 15 is 0 Å². The smallest absolute Gasteiger partial charge is 0.119 e. The van der Waals surface area contributed by atoms with Gasteiger partial charge in [0.1, 0.15) is 5.75 Å². The van der Waals surface area contributed by atoms with Gasteiger partial charge >= 0.3 is 0 Å². The van der Waals surface area contributed by atoms with E-state index in [4.69, 9.17) is 0 Å². The number of hydrogen-bond donors (Lipinski definition) is 1. The van der Waals surface area contributed by atoms with Crippen LogP contribution in [0.3, 0.4) is 0 Å². The normalized spacial score (nSPS) is 11.8. The molecule has 0 saturated heterocycles. The van der Waals surface area contributed by atoms with Gasteiger partial charge < -0.3 is 5.11 Å². The minimum atomic E-state index is -0.211. The Morgan fingerprint density at radius 1 is 0.571 bits per heavy atom. The van der Waals surface area contributed by atoms with Crippen LogP contribution in [0.1, 0.15) is 146 Å². The van der Waals surface area contributed by atoms with Crippen molar-refractivity contribution in [2.75, 3.05) is 0 Å². The molecule has 0 saturated carbocycles. The molecule has 1 heteroatoms. The topological polar surface area (TPSA) is 20.2 Å². The van der Waals surface area contributed by atoms with Crippen molar-refractivity contribution >= 4 is 0 Å². The van der Waals surface area contributed by atoms with E-state index in [0.29, 0.717) is 5.75 Å². The molecule has 35 heavy (non-hydrogen) atoms. The molecule has 2 aromatic carbocycles. The zero-order chi connectivity index (χ0) is 25.4. The molecule has 1 nitrogen and oxygen atoms in total. The molecule has 1 N–H and O–H groups in total. The van der Waals surface area contributed by atoms with Gasteiger partial charge in [0.15, 0.2) is 0 Å². The van der Waals surface area contributed by atoms with E-state index in [1.807, 2.05) is 6.07 Å². The van der Waals surface area contributed by atoms with Crippen LogP contribution in [-0.4, -0.2) is 5.11 Å². The van der Waals surface area contributed by atoms with Gasteiger partial charge in [-0.2, -0.15) is 0 Å². The lowest BCUT2D eigenvalue weighted by Gasteiger charge is -2.31. The second-order valence-corrected chi connectivity index (χ2v) is 11.2. The van der Waals surface area contributed by atoms with Crippen molar-refractivity contribution < 1.29 is 5.11 Å². The number of hydrogen-bond acceptors (Lipinski definition) is 1. The first-order valence-electron chi connectivity index (χ1n) is 14.9. The van der Waals surface area contributed by atoms with Crippen molar-refractivity contribution in [3.05, 3.63) is 64.7 Å². The van der Waals surface area contributed by atoms with Gasteiger partial charge in [-0.25, -0.2) is 0 Å². The van der Waals surface area contributed by atoms with Gasteiger partial charge in [-0.1, -0.05) is 148 Å². The molecule has 0 spiro atoms. The number of unbranched alkanes of at least 4 members (excludes halogenated alkanes) is 13. The molecule has 0 unspecified atom stereocenters. The third kappa shape index (κ3) is 10.0. The molecule has 0 radical (unpaired) electrons. The van der Waals surface area contributed by atoms with Gasteiger partial charge in [0, 0.05) is 11.0 Å². The van der Waals surface area contributed by atoms with Crippen molar-refractivity contribution in [2.45, 2.75) is 142 Å². The summed E-state index contributed by atoms with van der Waals surface area (Å²) in [5.41, 5.74) is 5.12. The summed E-state index contributed by atoms with van der Waals surface area (Å²) < 4.78 is 0. The highest BCUT2D eigenvalue weighted by Gasteiger charge is 2.30. The van der Waals surface area contributed by atoms with Crippen molar-refractivity contribution in [1.29, 1.82) is 0 Å². The summed E-state index contributed by atoms with van der Waals surface area (Å²) in [6.07, 6.45) is 22.3. The average Bonchev–Trinajstić information content (AvgIpc) is 2.86. The molecule has 196 valence electrons. The molecule has 0 heterocycles. The molecule has 0 bridgehead atoms. The maximum absolute atomic E-state index is 11.1. The molecule has 0 fully saturated rings. The van der Waals surface area contributed by atoms with Crippen LogP contribution in [0.15, 0.2) is 42.5 Å². The van der Waals surface area contributed by atoms with Gasteiger partial charge in [0.2, 0.25) is 0 Å². The highest BCUT2D eigenvalue weighted by molar-refractivity contribution is 5.53. The van der Waals surface area contributed by atoms with Gasteiger partial charge in [0.25, 0.3) is 0 Å². The van der Waals surface area contributed by atoms with E-state index in [2.05, 4.69) is 64.1 Å². The Labute approximate surface area is 217 Å². The van der Waals surface area contributed by atoms with Crippen LogP contribution in [0.5, 0.6) is 5.75 Å². The van der Waals surface area contributed by atoms with Crippen LogP contribution in [-0.2, 0) is 18.3 Å². The first kappa shape index (κ1) is 29.5. The van der Waals surface area contributed by atoms with Crippen LogP contribution >= 0.6 is 0 Å². The minimum Gasteiger partial charge on any atom is -0.508 e. The number of rotatable bonds is 19. The SMILES string of the molecule is CCCCCCCCCCCCc1c(CCCCCCC)ccc(O)c1C(C)(C)c1ccccc1.